The van der Waals surface area contributed by atoms with Crippen LogP contribution in [0, 0.1) is 6.92 Å². The number of amides is 1. The second kappa shape index (κ2) is 10.9. The van der Waals surface area contributed by atoms with E-state index in [1.165, 1.54) is 10.6 Å². The van der Waals surface area contributed by atoms with Crippen molar-refractivity contribution in [3.63, 3.8) is 0 Å². The maximum Gasteiger partial charge on any atom is 0.246 e. The van der Waals surface area contributed by atoms with Crippen LogP contribution in [0.15, 0.2) is 17.4 Å². The maximum atomic E-state index is 12.6. The van der Waals surface area contributed by atoms with Gasteiger partial charge in [0, 0.05) is 50.7 Å². The first-order valence-electron chi connectivity index (χ1n) is 9.79. The van der Waals surface area contributed by atoms with Crippen LogP contribution in [0.1, 0.15) is 29.4 Å². The van der Waals surface area contributed by atoms with Crippen molar-refractivity contribution in [1.29, 1.82) is 0 Å². The molecule has 0 bridgehead atoms. The first kappa shape index (κ1) is 23.6. The normalized spacial score (nSPS) is 14.9. The Kier molecular flexibility index (Phi) is 8.87. The van der Waals surface area contributed by atoms with E-state index in [2.05, 4.69) is 29.2 Å². The zero-order valence-corrected chi connectivity index (χ0v) is 20.7. The molecule has 1 fully saturated rings. The molecule has 1 N–H and O–H groups in total. The lowest BCUT2D eigenvalue weighted by atomic mass is 10.3. The lowest BCUT2D eigenvalue weighted by molar-refractivity contribution is -0.120. The van der Waals surface area contributed by atoms with Crippen LogP contribution in [0.4, 0.5) is 5.69 Å². The van der Waals surface area contributed by atoms with Crippen LogP contribution >= 0.6 is 35.3 Å². The number of nitrogens with one attached hydrogen (secondary N) is 1. The number of piperazine rings is 1. The van der Waals surface area contributed by atoms with E-state index in [4.69, 9.17) is 4.99 Å². The highest BCUT2D eigenvalue weighted by atomic mass is 127. The molecule has 1 aliphatic heterocycles. The summed E-state index contributed by atoms with van der Waals surface area (Å²) in [6.45, 7) is 9.42. The molecule has 0 radical (unpaired) electrons. The predicted molar refractivity (Wildman–Crippen MR) is 128 cm³/mol. The van der Waals surface area contributed by atoms with Gasteiger partial charge in [0.05, 0.1) is 22.6 Å². The number of hydrogen-bond donors (Lipinski definition) is 1. The van der Waals surface area contributed by atoms with Crippen molar-refractivity contribution in [2.45, 2.75) is 33.6 Å². The fourth-order valence-corrected chi connectivity index (χ4v) is 4.29. The first-order chi connectivity index (χ1) is 13.5. The summed E-state index contributed by atoms with van der Waals surface area (Å²) < 4.78 is 1.71. The van der Waals surface area contributed by atoms with Crippen LogP contribution < -0.4 is 10.2 Å². The molecule has 0 aliphatic carbocycles. The summed E-state index contributed by atoms with van der Waals surface area (Å²) in [5.41, 5.74) is 2.04. The van der Waals surface area contributed by atoms with E-state index in [0.717, 1.165) is 42.6 Å². The molecule has 0 spiro atoms. The molecule has 2 aromatic heterocycles. The highest BCUT2D eigenvalue weighted by molar-refractivity contribution is 14.0. The van der Waals surface area contributed by atoms with E-state index in [-0.39, 0.29) is 29.9 Å². The van der Waals surface area contributed by atoms with E-state index < -0.39 is 0 Å². The fraction of sp³-hybridized carbons (Fsp3) is 0.579. The van der Waals surface area contributed by atoms with Gasteiger partial charge in [-0.25, -0.2) is 4.98 Å². The molecule has 2 aromatic rings. The number of carbonyl (C=O) groups excluding carboxylic acids is 1. The summed E-state index contributed by atoms with van der Waals surface area (Å²) in [6, 6.07) is 0. The van der Waals surface area contributed by atoms with Crippen molar-refractivity contribution >= 4 is 52.9 Å². The number of halogens is 1. The van der Waals surface area contributed by atoms with E-state index in [1.54, 1.807) is 27.1 Å². The van der Waals surface area contributed by atoms with Gasteiger partial charge >= 0.3 is 0 Å². The monoisotopic (exact) mass is 531 g/mol. The third-order valence-corrected chi connectivity index (χ3v) is 5.79. The summed E-state index contributed by atoms with van der Waals surface area (Å²) in [6.07, 6.45) is 5.39. The Morgan fingerprint density at radius 1 is 1.34 bits per heavy atom. The molecule has 160 valence electrons. The van der Waals surface area contributed by atoms with Crippen LogP contribution in [0.25, 0.3) is 0 Å². The zero-order valence-electron chi connectivity index (χ0n) is 17.5. The fourth-order valence-electron chi connectivity index (χ4n) is 3.28. The van der Waals surface area contributed by atoms with Crippen molar-refractivity contribution < 1.29 is 4.79 Å². The third kappa shape index (κ3) is 5.91. The van der Waals surface area contributed by atoms with Gasteiger partial charge in [-0.2, -0.15) is 5.10 Å². The molecule has 10 heteroatoms. The molecule has 3 heterocycles. The Labute approximate surface area is 193 Å². The molecule has 1 amide bonds. The Bertz CT molecular complexity index is 847. The minimum atomic E-state index is 0. The van der Waals surface area contributed by atoms with Crippen LogP contribution in [0.2, 0.25) is 0 Å². The highest BCUT2D eigenvalue weighted by Crippen LogP contribution is 2.19. The molecular weight excluding hydrogens is 501 g/mol. The quantitative estimate of drug-likeness (QED) is 0.352. The Morgan fingerprint density at radius 2 is 2.14 bits per heavy atom. The number of rotatable bonds is 6. The van der Waals surface area contributed by atoms with Crippen LogP contribution in [0.3, 0.4) is 0 Å². The average molecular weight is 531 g/mol. The number of nitrogens with zero attached hydrogens (tertiary/aromatic N) is 6. The summed E-state index contributed by atoms with van der Waals surface area (Å²) in [4.78, 5) is 27.2. The summed E-state index contributed by atoms with van der Waals surface area (Å²) in [7, 11) is 1.85. The van der Waals surface area contributed by atoms with Gasteiger partial charge in [-0.05, 0) is 20.3 Å². The Hall–Kier alpha value is -1.69. The van der Waals surface area contributed by atoms with Crippen LogP contribution in [-0.2, 0) is 24.7 Å². The number of anilines is 1. The summed E-state index contributed by atoms with van der Waals surface area (Å²) in [5, 5.41) is 8.61. The van der Waals surface area contributed by atoms with Gasteiger partial charge in [0.2, 0.25) is 5.91 Å². The van der Waals surface area contributed by atoms with E-state index >= 15 is 0 Å². The van der Waals surface area contributed by atoms with Crippen molar-refractivity contribution in [3.05, 3.63) is 28.0 Å². The first-order valence-corrected chi connectivity index (χ1v) is 10.6. The average Bonchev–Trinajstić information content (AvgIpc) is 3.26. The number of hydrogen-bond acceptors (Lipinski definition) is 5. The van der Waals surface area contributed by atoms with Gasteiger partial charge in [-0.1, -0.05) is 6.92 Å². The van der Waals surface area contributed by atoms with E-state index in [1.807, 2.05) is 25.1 Å². The van der Waals surface area contributed by atoms with Gasteiger partial charge in [-0.3, -0.25) is 14.5 Å². The zero-order chi connectivity index (χ0) is 20.1. The van der Waals surface area contributed by atoms with Crippen LogP contribution in [0.5, 0.6) is 0 Å². The lowest BCUT2D eigenvalue weighted by Gasteiger charge is -2.35. The van der Waals surface area contributed by atoms with Crippen molar-refractivity contribution in [2.24, 2.45) is 12.0 Å². The van der Waals surface area contributed by atoms with Crippen LogP contribution in [-0.4, -0.2) is 64.3 Å². The number of thiazole rings is 1. The largest absolute Gasteiger partial charge is 0.357 e. The van der Waals surface area contributed by atoms with Crippen molar-refractivity contribution in [3.8, 4) is 0 Å². The number of aryl methyl sites for hydroxylation is 3. The Balaban J connectivity index is 0.00000300. The molecule has 3 rings (SSSR count). The SMILES string of the molecule is CCNC(=NCCc1nc(CC)c(C)s1)N1CCN(c2cnn(C)c2)C(=O)C1.I. The van der Waals surface area contributed by atoms with Gasteiger partial charge in [0.15, 0.2) is 5.96 Å². The third-order valence-electron chi connectivity index (χ3n) is 4.72. The van der Waals surface area contributed by atoms with E-state index in [9.17, 15) is 4.79 Å². The van der Waals surface area contributed by atoms with E-state index in [0.29, 0.717) is 19.6 Å². The second-order valence-electron chi connectivity index (χ2n) is 6.79. The minimum absolute atomic E-state index is 0. The number of guanidine groups is 1. The Morgan fingerprint density at radius 3 is 2.72 bits per heavy atom. The predicted octanol–water partition coefficient (Wildman–Crippen LogP) is 2.22. The van der Waals surface area contributed by atoms with Gasteiger partial charge < -0.3 is 15.1 Å². The van der Waals surface area contributed by atoms with Gasteiger partial charge in [0.1, 0.15) is 6.54 Å². The maximum absolute atomic E-state index is 12.6. The molecular formula is C19H30IN7OS. The topological polar surface area (TPSA) is 78.7 Å². The number of aliphatic imine (C=N–C) groups is 1. The molecule has 0 atom stereocenters. The molecule has 0 aromatic carbocycles. The molecule has 0 unspecified atom stereocenters. The van der Waals surface area contributed by atoms with Crippen molar-refractivity contribution in [1.82, 2.24) is 25.0 Å². The van der Waals surface area contributed by atoms with Gasteiger partial charge in [0.25, 0.3) is 0 Å². The molecule has 1 aliphatic rings. The number of aromatic nitrogens is 3. The molecule has 29 heavy (non-hydrogen) atoms. The second-order valence-corrected chi connectivity index (χ2v) is 8.08. The van der Waals surface area contributed by atoms with Gasteiger partial charge in [-0.15, -0.1) is 35.3 Å². The van der Waals surface area contributed by atoms with Crippen molar-refractivity contribution in [2.75, 3.05) is 37.6 Å². The molecule has 0 saturated carbocycles. The smallest absolute Gasteiger partial charge is 0.246 e. The standard InChI is InChI=1S/C19H29N7OS.HI/c1-5-16-14(3)28-17(23-16)7-8-21-19(20-6-2)25-9-10-26(18(27)13-25)15-11-22-24(4)12-15;/h11-12H,5-10,13H2,1-4H3,(H,20,21);1H. The molecule has 1 saturated heterocycles. The highest BCUT2D eigenvalue weighted by Gasteiger charge is 2.27. The summed E-state index contributed by atoms with van der Waals surface area (Å²) in [5.74, 6) is 0.860. The summed E-state index contributed by atoms with van der Waals surface area (Å²) >= 11 is 1.76. The minimum Gasteiger partial charge on any atom is -0.357 e. The number of carbonyl (C=O) groups is 1. The lowest BCUT2D eigenvalue weighted by Crippen LogP contribution is -2.55. The molecule has 8 nitrogen and oxygen atoms in total.